The standard InChI is InChI=1S/C5H7O3/c1-5(2)7-3-4(6)8-5/h3H,1-2H3. The van der Waals surface area contributed by atoms with Crippen LogP contribution in [0, 0.1) is 6.61 Å². The zero-order valence-corrected chi connectivity index (χ0v) is 4.80. The second kappa shape index (κ2) is 1.45. The minimum Gasteiger partial charge on any atom is -0.432 e. The lowest BCUT2D eigenvalue weighted by Gasteiger charge is -2.12. The molecule has 0 saturated carbocycles. The minimum absolute atomic E-state index is 0.407. The molecule has 0 aromatic rings. The van der Waals surface area contributed by atoms with Gasteiger partial charge in [0.1, 0.15) is 0 Å². The number of hydrogen-bond acceptors (Lipinski definition) is 3. The van der Waals surface area contributed by atoms with Gasteiger partial charge in [-0.3, -0.25) is 0 Å². The molecule has 1 heterocycles. The van der Waals surface area contributed by atoms with Crippen molar-refractivity contribution in [3.8, 4) is 0 Å². The third-order valence-corrected chi connectivity index (χ3v) is 0.785. The molecule has 0 unspecified atom stereocenters. The Morgan fingerprint density at radius 1 is 1.62 bits per heavy atom. The number of cyclic esters (lactones) is 1. The SMILES string of the molecule is CC1(C)O[CH]C(=O)O1. The van der Waals surface area contributed by atoms with E-state index in [1.54, 1.807) is 13.8 Å². The molecule has 0 bridgehead atoms. The molecular weight excluding hydrogens is 108 g/mol. The van der Waals surface area contributed by atoms with Crippen molar-refractivity contribution < 1.29 is 14.3 Å². The van der Waals surface area contributed by atoms with Gasteiger partial charge in [0.05, 0.1) is 0 Å². The zero-order chi connectivity index (χ0) is 6.20. The fraction of sp³-hybridized carbons (Fsp3) is 0.600. The maximum atomic E-state index is 10.3. The van der Waals surface area contributed by atoms with E-state index in [2.05, 4.69) is 4.74 Å². The predicted octanol–water partition coefficient (Wildman–Crippen LogP) is 0.458. The lowest BCUT2D eigenvalue weighted by Crippen LogP contribution is -2.19. The Balaban J connectivity index is 2.56. The zero-order valence-electron chi connectivity index (χ0n) is 4.80. The number of carbonyl (C=O) groups is 1. The predicted molar refractivity (Wildman–Crippen MR) is 25.6 cm³/mol. The highest BCUT2D eigenvalue weighted by atomic mass is 16.8. The third-order valence-electron chi connectivity index (χ3n) is 0.785. The Morgan fingerprint density at radius 3 is 2.38 bits per heavy atom. The summed E-state index contributed by atoms with van der Waals surface area (Å²) in [7, 11) is 0. The first-order valence-electron chi connectivity index (χ1n) is 2.34. The summed E-state index contributed by atoms with van der Waals surface area (Å²) in [5.41, 5.74) is 0. The smallest absolute Gasteiger partial charge is 0.341 e. The second-order valence-corrected chi connectivity index (χ2v) is 2.06. The molecule has 8 heavy (non-hydrogen) atoms. The summed E-state index contributed by atoms with van der Waals surface area (Å²) in [5.74, 6) is -1.15. The van der Waals surface area contributed by atoms with E-state index in [0.29, 0.717) is 0 Å². The fourth-order valence-corrected chi connectivity index (χ4v) is 0.480. The van der Waals surface area contributed by atoms with Gasteiger partial charge in [0.2, 0.25) is 5.79 Å². The van der Waals surface area contributed by atoms with Gasteiger partial charge in [-0.2, -0.15) is 0 Å². The Kier molecular flexibility index (Phi) is 1.01. The first kappa shape index (κ1) is 5.56. The molecule has 45 valence electrons. The Bertz CT molecular complexity index is 117. The van der Waals surface area contributed by atoms with E-state index in [9.17, 15) is 4.79 Å². The first-order chi connectivity index (χ1) is 3.60. The normalized spacial score (nSPS) is 25.5. The fourth-order valence-electron chi connectivity index (χ4n) is 0.480. The van der Waals surface area contributed by atoms with E-state index in [4.69, 9.17) is 4.74 Å². The van der Waals surface area contributed by atoms with Crippen molar-refractivity contribution in [2.24, 2.45) is 0 Å². The molecule has 0 aromatic heterocycles. The largest absolute Gasteiger partial charge is 0.432 e. The van der Waals surface area contributed by atoms with Crippen molar-refractivity contribution >= 4 is 5.97 Å². The van der Waals surface area contributed by atoms with E-state index >= 15 is 0 Å². The maximum Gasteiger partial charge on any atom is 0.341 e. The van der Waals surface area contributed by atoms with Crippen molar-refractivity contribution in [2.75, 3.05) is 0 Å². The molecule has 0 amide bonds. The van der Waals surface area contributed by atoms with Crippen LogP contribution in [0.4, 0.5) is 0 Å². The second-order valence-electron chi connectivity index (χ2n) is 2.06. The van der Waals surface area contributed by atoms with Crippen molar-refractivity contribution in [3.05, 3.63) is 6.61 Å². The van der Waals surface area contributed by atoms with Gasteiger partial charge in [0.25, 0.3) is 0 Å². The lowest BCUT2D eigenvalue weighted by atomic mass is 10.4. The topological polar surface area (TPSA) is 35.5 Å². The molecule has 0 atom stereocenters. The van der Waals surface area contributed by atoms with Crippen LogP contribution in [0.15, 0.2) is 0 Å². The Morgan fingerprint density at radius 2 is 2.25 bits per heavy atom. The number of ether oxygens (including phenoxy) is 2. The summed E-state index contributed by atoms with van der Waals surface area (Å²) < 4.78 is 9.39. The van der Waals surface area contributed by atoms with Crippen LogP contribution in [0.25, 0.3) is 0 Å². The van der Waals surface area contributed by atoms with Gasteiger partial charge in [-0.05, 0) is 0 Å². The molecule has 0 aliphatic carbocycles. The molecule has 3 nitrogen and oxygen atoms in total. The summed E-state index contributed by atoms with van der Waals surface area (Å²) in [6.45, 7) is 4.42. The Hall–Kier alpha value is -0.570. The number of hydrogen-bond donors (Lipinski definition) is 0. The van der Waals surface area contributed by atoms with Gasteiger partial charge in [-0.15, -0.1) is 0 Å². The van der Waals surface area contributed by atoms with Gasteiger partial charge >= 0.3 is 5.97 Å². The van der Waals surface area contributed by atoms with Crippen LogP contribution in [0.3, 0.4) is 0 Å². The van der Waals surface area contributed by atoms with Gasteiger partial charge in [-0.25, -0.2) is 4.79 Å². The highest BCUT2D eigenvalue weighted by Crippen LogP contribution is 2.19. The van der Waals surface area contributed by atoms with Crippen LogP contribution in [0.1, 0.15) is 13.8 Å². The van der Waals surface area contributed by atoms with Crippen molar-refractivity contribution in [2.45, 2.75) is 19.6 Å². The molecule has 0 N–H and O–H groups in total. The average Bonchev–Trinajstić information content (AvgIpc) is 1.82. The van der Waals surface area contributed by atoms with Crippen LogP contribution in [-0.2, 0) is 14.3 Å². The van der Waals surface area contributed by atoms with Gasteiger partial charge in [0, 0.05) is 13.8 Å². The van der Waals surface area contributed by atoms with Gasteiger partial charge in [0.15, 0.2) is 6.61 Å². The van der Waals surface area contributed by atoms with E-state index in [1.807, 2.05) is 0 Å². The van der Waals surface area contributed by atoms with Crippen molar-refractivity contribution in [1.29, 1.82) is 0 Å². The molecule has 0 aromatic carbocycles. The maximum absolute atomic E-state index is 10.3. The van der Waals surface area contributed by atoms with Gasteiger partial charge < -0.3 is 9.47 Å². The highest BCUT2D eigenvalue weighted by molar-refractivity contribution is 5.78. The van der Waals surface area contributed by atoms with Gasteiger partial charge in [-0.1, -0.05) is 0 Å². The number of rotatable bonds is 0. The quantitative estimate of drug-likeness (QED) is 0.430. The molecule has 1 rings (SSSR count). The lowest BCUT2D eigenvalue weighted by molar-refractivity contribution is -0.159. The third kappa shape index (κ3) is 0.980. The molecule has 1 aliphatic heterocycles. The minimum atomic E-state index is -0.739. The van der Waals surface area contributed by atoms with Crippen LogP contribution < -0.4 is 0 Å². The summed E-state index contributed by atoms with van der Waals surface area (Å²) in [4.78, 5) is 10.3. The van der Waals surface area contributed by atoms with Crippen LogP contribution in [0.2, 0.25) is 0 Å². The number of esters is 1. The molecular formula is C5H7O3. The average molecular weight is 115 g/mol. The van der Waals surface area contributed by atoms with E-state index < -0.39 is 11.8 Å². The summed E-state index contributed by atoms with van der Waals surface area (Å²) in [6.07, 6.45) is 0. The molecule has 1 radical (unpaired) electrons. The number of carbonyl (C=O) groups excluding carboxylic acids is 1. The van der Waals surface area contributed by atoms with Crippen LogP contribution in [-0.4, -0.2) is 11.8 Å². The molecule has 1 fully saturated rings. The molecule has 1 aliphatic rings. The van der Waals surface area contributed by atoms with Crippen molar-refractivity contribution in [3.63, 3.8) is 0 Å². The van der Waals surface area contributed by atoms with E-state index in [0.717, 1.165) is 6.61 Å². The molecule has 0 spiro atoms. The van der Waals surface area contributed by atoms with Crippen LogP contribution >= 0.6 is 0 Å². The van der Waals surface area contributed by atoms with E-state index in [-0.39, 0.29) is 0 Å². The first-order valence-corrected chi connectivity index (χ1v) is 2.34. The summed E-state index contributed by atoms with van der Waals surface area (Å²) in [5, 5.41) is 0. The monoisotopic (exact) mass is 115 g/mol. The van der Waals surface area contributed by atoms with E-state index in [1.165, 1.54) is 0 Å². The molecule has 3 heteroatoms. The Labute approximate surface area is 47.6 Å². The summed E-state index contributed by atoms with van der Waals surface area (Å²) >= 11 is 0. The van der Waals surface area contributed by atoms with Crippen molar-refractivity contribution in [1.82, 2.24) is 0 Å². The molecule has 1 saturated heterocycles. The van der Waals surface area contributed by atoms with Crippen LogP contribution in [0.5, 0.6) is 0 Å². The highest BCUT2D eigenvalue weighted by Gasteiger charge is 2.31. The summed E-state index contributed by atoms with van der Waals surface area (Å²) in [6, 6.07) is 0.